The van der Waals surface area contributed by atoms with Crippen LogP contribution in [0.4, 0.5) is 0 Å². The number of aromatic nitrogens is 1. The summed E-state index contributed by atoms with van der Waals surface area (Å²) in [5.41, 5.74) is 0.125. The summed E-state index contributed by atoms with van der Waals surface area (Å²) in [5, 5.41) is 10.4. The van der Waals surface area contributed by atoms with E-state index in [4.69, 9.17) is 4.74 Å². The number of pyridine rings is 1. The van der Waals surface area contributed by atoms with E-state index in [-0.39, 0.29) is 16.6 Å². The Morgan fingerprint density at radius 2 is 2.24 bits per heavy atom. The van der Waals surface area contributed by atoms with Gasteiger partial charge >= 0.3 is 0 Å². The van der Waals surface area contributed by atoms with Crippen molar-refractivity contribution in [1.82, 2.24) is 4.57 Å². The van der Waals surface area contributed by atoms with Crippen LogP contribution in [0.25, 0.3) is 0 Å². The fourth-order valence-corrected chi connectivity index (χ4v) is 2.63. The quantitative estimate of drug-likeness (QED) is 0.864. The van der Waals surface area contributed by atoms with E-state index in [2.05, 4.69) is 15.9 Å². The molecule has 0 fully saturated rings. The summed E-state index contributed by atoms with van der Waals surface area (Å²) in [6.07, 6.45) is 1.89. The number of fused-ring (bicyclic) bond motifs is 1. The summed E-state index contributed by atoms with van der Waals surface area (Å²) in [6.45, 7) is 4.76. The van der Waals surface area contributed by atoms with Crippen molar-refractivity contribution in [2.24, 2.45) is 5.41 Å². The Labute approximate surface area is 108 Å². The van der Waals surface area contributed by atoms with Crippen molar-refractivity contribution in [2.75, 3.05) is 7.11 Å². The van der Waals surface area contributed by atoms with Crippen LogP contribution in [0.15, 0.2) is 15.5 Å². The Morgan fingerprint density at radius 1 is 1.59 bits per heavy atom. The van der Waals surface area contributed by atoms with Gasteiger partial charge in [0.25, 0.3) is 0 Å². The molecule has 0 aliphatic carbocycles. The first-order chi connectivity index (χ1) is 7.88. The van der Waals surface area contributed by atoms with Gasteiger partial charge in [-0.25, -0.2) is 0 Å². The fourth-order valence-electron chi connectivity index (χ4n) is 2.20. The van der Waals surface area contributed by atoms with Crippen LogP contribution in [0, 0.1) is 5.41 Å². The normalized spacial score (nSPS) is 22.1. The van der Waals surface area contributed by atoms with Crippen LogP contribution >= 0.6 is 15.9 Å². The first-order valence-electron chi connectivity index (χ1n) is 5.53. The second-order valence-corrected chi connectivity index (χ2v) is 5.91. The average molecular weight is 302 g/mol. The Balaban J connectivity index is 2.71. The average Bonchev–Trinajstić information content (AvgIpc) is 2.27. The van der Waals surface area contributed by atoms with Gasteiger partial charge in [-0.15, -0.1) is 0 Å². The standard InChI is InChI=1S/C12H16BrNO3/c1-12(2)4-5-14-6-7(13)9(15)10(17-3)8(14)11(12)16/h6,11,16H,4-5H2,1-3H3. The zero-order valence-electron chi connectivity index (χ0n) is 10.2. The van der Waals surface area contributed by atoms with Crippen molar-refractivity contribution in [3.05, 3.63) is 26.6 Å². The van der Waals surface area contributed by atoms with Crippen molar-refractivity contribution in [3.8, 4) is 5.75 Å². The number of aryl methyl sites for hydroxylation is 1. The van der Waals surface area contributed by atoms with Gasteiger partial charge in [0.2, 0.25) is 5.43 Å². The molecule has 1 N–H and O–H groups in total. The molecule has 1 aromatic rings. The lowest BCUT2D eigenvalue weighted by atomic mass is 9.78. The van der Waals surface area contributed by atoms with E-state index >= 15 is 0 Å². The maximum absolute atomic E-state index is 11.9. The summed E-state index contributed by atoms with van der Waals surface area (Å²) in [6, 6.07) is 0. The molecule has 0 radical (unpaired) electrons. The first kappa shape index (κ1) is 12.6. The lowest BCUT2D eigenvalue weighted by Gasteiger charge is -2.38. The molecular formula is C12H16BrNO3. The molecule has 5 heteroatoms. The van der Waals surface area contributed by atoms with Crippen LogP contribution in [0.2, 0.25) is 0 Å². The largest absolute Gasteiger partial charge is 0.491 e. The SMILES string of the molecule is COc1c2n(cc(Br)c1=O)CCC(C)(C)C2O. The zero-order chi connectivity index (χ0) is 12.8. The Bertz CT molecular complexity index is 507. The minimum Gasteiger partial charge on any atom is -0.491 e. The molecule has 1 aliphatic heterocycles. The highest BCUT2D eigenvalue weighted by Gasteiger charge is 2.37. The van der Waals surface area contributed by atoms with Gasteiger partial charge in [-0.3, -0.25) is 4.79 Å². The number of methoxy groups -OCH3 is 1. The highest BCUT2D eigenvalue weighted by Crippen LogP contribution is 2.43. The number of nitrogens with zero attached hydrogens (tertiary/aromatic N) is 1. The number of halogens is 1. The second-order valence-electron chi connectivity index (χ2n) is 5.06. The molecule has 94 valence electrons. The Hall–Kier alpha value is -0.810. The summed E-state index contributed by atoms with van der Waals surface area (Å²) in [7, 11) is 1.46. The molecule has 2 heterocycles. The third-order valence-corrected chi connectivity index (χ3v) is 4.00. The summed E-state index contributed by atoms with van der Waals surface area (Å²) >= 11 is 3.22. The van der Waals surface area contributed by atoms with Crippen molar-refractivity contribution in [1.29, 1.82) is 0 Å². The molecular weight excluding hydrogens is 286 g/mol. The minimum atomic E-state index is -0.688. The van der Waals surface area contributed by atoms with Crippen molar-refractivity contribution < 1.29 is 9.84 Å². The molecule has 4 nitrogen and oxygen atoms in total. The highest BCUT2D eigenvalue weighted by atomic mass is 79.9. The van der Waals surface area contributed by atoms with Gasteiger partial charge in [0.1, 0.15) is 6.10 Å². The number of hydrogen-bond donors (Lipinski definition) is 1. The number of hydrogen-bond acceptors (Lipinski definition) is 3. The molecule has 2 rings (SSSR count). The van der Waals surface area contributed by atoms with Crippen LogP contribution in [-0.4, -0.2) is 16.8 Å². The molecule has 1 unspecified atom stereocenters. The number of rotatable bonds is 1. The van der Waals surface area contributed by atoms with Crippen LogP contribution < -0.4 is 10.2 Å². The van der Waals surface area contributed by atoms with Crippen molar-refractivity contribution >= 4 is 15.9 Å². The second kappa shape index (κ2) is 4.14. The minimum absolute atomic E-state index is 0.213. The smallest absolute Gasteiger partial charge is 0.237 e. The lowest BCUT2D eigenvalue weighted by molar-refractivity contribution is 0.0139. The van der Waals surface area contributed by atoms with E-state index in [0.717, 1.165) is 13.0 Å². The molecule has 1 atom stereocenters. The van der Waals surface area contributed by atoms with Gasteiger partial charge in [0, 0.05) is 12.7 Å². The van der Waals surface area contributed by atoms with Crippen LogP contribution in [-0.2, 0) is 6.54 Å². The predicted molar refractivity (Wildman–Crippen MR) is 68.3 cm³/mol. The molecule has 0 aromatic carbocycles. The van der Waals surface area contributed by atoms with Gasteiger partial charge < -0.3 is 14.4 Å². The lowest BCUT2D eigenvalue weighted by Crippen LogP contribution is -2.34. The third kappa shape index (κ3) is 1.91. The summed E-state index contributed by atoms with van der Waals surface area (Å²) in [5.74, 6) is 0.236. The van der Waals surface area contributed by atoms with E-state index < -0.39 is 6.10 Å². The van der Waals surface area contributed by atoms with E-state index in [9.17, 15) is 9.90 Å². The number of ether oxygens (including phenoxy) is 1. The Kier molecular flexibility index (Phi) is 3.08. The maximum Gasteiger partial charge on any atom is 0.237 e. The van der Waals surface area contributed by atoms with Gasteiger partial charge in [-0.1, -0.05) is 13.8 Å². The van der Waals surface area contributed by atoms with Gasteiger partial charge in [-0.05, 0) is 27.8 Å². The van der Waals surface area contributed by atoms with E-state index in [1.807, 2.05) is 18.4 Å². The number of aliphatic hydroxyl groups excluding tert-OH is 1. The molecule has 1 aromatic heterocycles. The van der Waals surface area contributed by atoms with E-state index in [1.165, 1.54) is 7.11 Å². The molecule has 17 heavy (non-hydrogen) atoms. The molecule has 0 saturated heterocycles. The van der Waals surface area contributed by atoms with Crippen molar-refractivity contribution in [2.45, 2.75) is 32.9 Å². The first-order valence-corrected chi connectivity index (χ1v) is 6.32. The van der Waals surface area contributed by atoms with Gasteiger partial charge in [0.05, 0.1) is 17.3 Å². The fraction of sp³-hybridized carbons (Fsp3) is 0.583. The molecule has 0 bridgehead atoms. The molecule has 0 amide bonds. The van der Waals surface area contributed by atoms with Gasteiger partial charge in [0.15, 0.2) is 5.75 Å². The van der Waals surface area contributed by atoms with Crippen LogP contribution in [0.1, 0.15) is 32.1 Å². The molecule has 0 spiro atoms. The summed E-state index contributed by atoms with van der Waals surface area (Å²) in [4.78, 5) is 11.9. The zero-order valence-corrected chi connectivity index (χ0v) is 11.7. The Morgan fingerprint density at radius 3 is 2.82 bits per heavy atom. The summed E-state index contributed by atoms with van der Waals surface area (Å²) < 4.78 is 7.52. The number of aliphatic hydroxyl groups is 1. The predicted octanol–water partition coefficient (Wildman–Crippen LogP) is 2.08. The van der Waals surface area contributed by atoms with Crippen LogP contribution in [0.5, 0.6) is 5.75 Å². The highest BCUT2D eigenvalue weighted by molar-refractivity contribution is 9.10. The molecule has 1 aliphatic rings. The van der Waals surface area contributed by atoms with E-state index in [1.54, 1.807) is 6.20 Å². The van der Waals surface area contributed by atoms with Crippen molar-refractivity contribution in [3.63, 3.8) is 0 Å². The van der Waals surface area contributed by atoms with Gasteiger partial charge in [-0.2, -0.15) is 0 Å². The third-order valence-electron chi connectivity index (χ3n) is 3.43. The topological polar surface area (TPSA) is 51.5 Å². The molecule has 0 saturated carbocycles. The van der Waals surface area contributed by atoms with E-state index in [0.29, 0.717) is 10.2 Å². The van der Waals surface area contributed by atoms with Crippen LogP contribution in [0.3, 0.4) is 0 Å². The monoisotopic (exact) mass is 301 g/mol. The maximum atomic E-state index is 11.9.